The van der Waals surface area contributed by atoms with Crippen molar-refractivity contribution in [2.75, 3.05) is 0 Å². The van der Waals surface area contributed by atoms with Crippen molar-refractivity contribution in [3.05, 3.63) is 108 Å². The van der Waals surface area contributed by atoms with Gasteiger partial charge in [0.2, 0.25) is 6.10 Å². The quantitative estimate of drug-likeness (QED) is 0.408. The van der Waals surface area contributed by atoms with Gasteiger partial charge in [-0.3, -0.25) is 0 Å². The minimum atomic E-state index is -2.06. The smallest absolute Gasteiger partial charge is 0.351 e. The van der Waals surface area contributed by atoms with Gasteiger partial charge in [-0.2, -0.15) is 0 Å². The molecule has 0 amide bonds. The van der Waals surface area contributed by atoms with Crippen LogP contribution in [-0.4, -0.2) is 35.2 Å². The predicted molar refractivity (Wildman–Crippen MR) is 114 cm³/mol. The lowest BCUT2D eigenvalue weighted by Gasteiger charge is -2.21. The fourth-order valence-corrected chi connectivity index (χ4v) is 2.75. The summed E-state index contributed by atoms with van der Waals surface area (Å²) in [5.41, 5.74) is 1.53. The first-order valence-corrected chi connectivity index (χ1v) is 9.90. The zero-order valence-corrected chi connectivity index (χ0v) is 17.1. The zero-order chi connectivity index (χ0) is 22.8. The Hall–Kier alpha value is -3.97. The first kappa shape index (κ1) is 22.7. The van der Waals surface area contributed by atoms with Crippen molar-refractivity contribution < 1.29 is 33.7 Å². The predicted octanol–water partition coefficient (Wildman–Crippen LogP) is 3.06. The number of carbonyl (C=O) groups excluding carboxylic acids is 3. The minimum absolute atomic E-state index is 0.116. The van der Waals surface area contributed by atoms with Crippen LogP contribution in [0.25, 0.3) is 0 Å². The second-order valence-electron chi connectivity index (χ2n) is 6.82. The highest BCUT2D eigenvalue weighted by atomic mass is 16.6. The third-order valence-corrected chi connectivity index (χ3v) is 4.45. The van der Waals surface area contributed by atoms with Gasteiger partial charge in [-0.15, -0.1) is 0 Å². The number of hydrogen-bond donors (Lipinski definition) is 1. The van der Waals surface area contributed by atoms with Crippen LogP contribution in [0.3, 0.4) is 0 Å². The second-order valence-corrected chi connectivity index (χ2v) is 6.82. The van der Waals surface area contributed by atoms with E-state index in [0.717, 1.165) is 0 Å². The fourth-order valence-electron chi connectivity index (χ4n) is 2.75. The number of aliphatic hydroxyl groups excluding tert-OH is 1. The number of carbonyl (C=O) groups is 3. The van der Waals surface area contributed by atoms with E-state index in [1.807, 2.05) is 12.1 Å². The highest BCUT2D eigenvalue weighted by Gasteiger charge is 2.38. The number of aliphatic hydroxyl groups is 1. The molecule has 0 aliphatic rings. The van der Waals surface area contributed by atoms with Gasteiger partial charge < -0.3 is 19.3 Å². The molecule has 0 saturated heterocycles. The summed E-state index contributed by atoms with van der Waals surface area (Å²) in [6.07, 6.45) is -3.95. The Balaban J connectivity index is 1.69. The Morgan fingerprint density at radius 3 is 1.59 bits per heavy atom. The number of benzene rings is 3. The van der Waals surface area contributed by atoms with Crippen molar-refractivity contribution in [1.82, 2.24) is 0 Å². The summed E-state index contributed by atoms with van der Waals surface area (Å²) in [6, 6.07) is 25.5. The molecule has 7 nitrogen and oxygen atoms in total. The molecule has 0 fully saturated rings. The van der Waals surface area contributed by atoms with E-state index in [4.69, 9.17) is 14.2 Å². The normalized spacial score (nSPS) is 12.3. The average molecular weight is 434 g/mol. The standard InChI is InChI=1S/C25H22O7/c26-21(24(28)30-16-18-10-4-1-5-11-18)22(32-23(27)20-14-8-3-9-15-20)25(29)31-17-19-12-6-2-7-13-19/h1-15,21-22,26H,16-17H2. The highest BCUT2D eigenvalue weighted by molar-refractivity contribution is 5.93. The molecular weight excluding hydrogens is 412 g/mol. The third-order valence-electron chi connectivity index (χ3n) is 4.45. The molecule has 3 aromatic rings. The Labute approximate surface area is 185 Å². The number of hydrogen-bond acceptors (Lipinski definition) is 7. The van der Waals surface area contributed by atoms with E-state index < -0.39 is 30.1 Å². The van der Waals surface area contributed by atoms with Gasteiger partial charge >= 0.3 is 17.9 Å². The molecule has 7 heteroatoms. The molecule has 0 bridgehead atoms. The first-order chi connectivity index (χ1) is 15.5. The van der Waals surface area contributed by atoms with E-state index in [2.05, 4.69) is 0 Å². The minimum Gasteiger partial charge on any atom is -0.459 e. The summed E-state index contributed by atoms with van der Waals surface area (Å²) in [5, 5.41) is 10.5. The molecular formula is C25H22O7. The second kappa shape index (κ2) is 11.4. The summed E-state index contributed by atoms with van der Waals surface area (Å²) < 4.78 is 15.4. The third kappa shape index (κ3) is 6.52. The van der Waals surface area contributed by atoms with Gasteiger partial charge in [-0.25, -0.2) is 14.4 Å². The van der Waals surface area contributed by atoms with Crippen molar-refractivity contribution in [2.24, 2.45) is 0 Å². The molecule has 164 valence electrons. The van der Waals surface area contributed by atoms with Crippen molar-refractivity contribution in [1.29, 1.82) is 0 Å². The van der Waals surface area contributed by atoms with E-state index in [1.54, 1.807) is 66.7 Å². The Morgan fingerprint density at radius 2 is 1.09 bits per heavy atom. The molecule has 0 aromatic heterocycles. The van der Waals surface area contributed by atoms with Crippen molar-refractivity contribution in [2.45, 2.75) is 25.4 Å². The van der Waals surface area contributed by atoms with Crippen LogP contribution in [0, 0.1) is 0 Å². The molecule has 0 saturated carbocycles. The Bertz CT molecular complexity index is 1020. The van der Waals surface area contributed by atoms with Crippen LogP contribution in [0.2, 0.25) is 0 Å². The van der Waals surface area contributed by atoms with E-state index in [9.17, 15) is 19.5 Å². The van der Waals surface area contributed by atoms with E-state index in [-0.39, 0.29) is 18.8 Å². The van der Waals surface area contributed by atoms with Gasteiger partial charge in [-0.05, 0) is 23.3 Å². The maximum atomic E-state index is 12.6. The van der Waals surface area contributed by atoms with Gasteiger partial charge in [0.1, 0.15) is 13.2 Å². The van der Waals surface area contributed by atoms with Gasteiger partial charge in [0.25, 0.3) is 0 Å². The van der Waals surface area contributed by atoms with Crippen molar-refractivity contribution in [3.8, 4) is 0 Å². The lowest BCUT2D eigenvalue weighted by molar-refractivity contribution is -0.175. The largest absolute Gasteiger partial charge is 0.459 e. The monoisotopic (exact) mass is 434 g/mol. The Morgan fingerprint density at radius 1 is 0.656 bits per heavy atom. The summed E-state index contributed by atoms with van der Waals surface area (Å²) in [7, 11) is 0. The molecule has 0 aliphatic heterocycles. The number of ether oxygens (including phenoxy) is 3. The lowest BCUT2D eigenvalue weighted by Crippen LogP contribution is -2.44. The summed E-state index contributed by atoms with van der Waals surface area (Å²) in [4.78, 5) is 37.5. The average Bonchev–Trinajstić information content (AvgIpc) is 2.85. The SMILES string of the molecule is O=C(OC(C(=O)OCc1ccccc1)C(O)C(=O)OCc1ccccc1)c1ccccc1. The number of rotatable bonds is 9. The first-order valence-electron chi connectivity index (χ1n) is 9.90. The van der Waals surface area contributed by atoms with Gasteiger partial charge in [0.05, 0.1) is 5.56 Å². The molecule has 0 radical (unpaired) electrons. The van der Waals surface area contributed by atoms with Crippen molar-refractivity contribution in [3.63, 3.8) is 0 Å². The van der Waals surface area contributed by atoms with Crippen LogP contribution in [0.15, 0.2) is 91.0 Å². The Kier molecular flexibility index (Phi) is 8.11. The van der Waals surface area contributed by atoms with Crippen LogP contribution in [0.1, 0.15) is 21.5 Å². The zero-order valence-electron chi connectivity index (χ0n) is 17.1. The van der Waals surface area contributed by atoms with Crippen LogP contribution < -0.4 is 0 Å². The summed E-state index contributed by atoms with van der Waals surface area (Å²) in [6.45, 7) is -0.236. The molecule has 2 unspecified atom stereocenters. The van der Waals surface area contributed by atoms with E-state index in [0.29, 0.717) is 11.1 Å². The molecule has 1 N–H and O–H groups in total. The van der Waals surface area contributed by atoms with Gasteiger partial charge in [-0.1, -0.05) is 78.9 Å². The van der Waals surface area contributed by atoms with Crippen molar-refractivity contribution >= 4 is 17.9 Å². The van der Waals surface area contributed by atoms with Crippen LogP contribution in [0.4, 0.5) is 0 Å². The van der Waals surface area contributed by atoms with E-state index in [1.165, 1.54) is 12.1 Å². The van der Waals surface area contributed by atoms with Gasteiger partial charge in [0, 0.05) is 0 Å². The molecule has 0 spiro atoms. The molecule has 32 heavy (non-hydrogen) atoms. The topological polar surface area (TPSA) is 99.1 Å². The fraction of sp³-hybridized carbons (Fsp3) is 0.160. The van der Waals surface area contributed by atoms with Crippen LogP contribution in [0.5, 0.6) is 0 Å². The maximum Gasteiger partial charge on any atom is 0.351 e. The lowest BCUT2D eigenvalue weighted by atomic mass is 10.2. The highest BCUT2D eigenvalue weighted by Crippen LogP contribution is 2.13. The maximum absolute atomic E-state index is 12.6. The summed E-state index contributed by atoms with van der Waals surface area (Å²) >= 11 is 0. The molecule has 0 heterocycles. The number of esters is 3. The van der Waals surface area contributed by atoms with E-state index >= 15 is 0 Å². The van der Waals surface area contributed by atoms with Gasteiger partial charge in [0.15, 0.2) is 6.10 Å². The van der Waals surface area contributed by atoms with Crippen LogP contribution in [-0.2, 0) is 37.0 Å². The summed E-state index contributed by atoms with van der Waals surface area (Å²) in [5.74, 6) is -3.07. The molecule has 3 aromatic carbocycles. The van der Waals surface area contributed by atoms with Crippen LogP contribution >= 0.6 is 0 Å². The molecule has 0 aliphatic carbocycles. The molecule has 2 atom stereocenters. The molecule has 3 rings (SSSR count).